The van der Waals surface area contributed by atoms with E-state index in [0.29, 0.717) is 44.4 Å². The standard InChI is InChI=1S/C24H28N2O2.C23H24N2O3.C22H23N3O3.C21H21N3O2.C20H20N3O/c27-23(19-8-10-21(11-9-19)25-14-4-1-5-15-25)26-16-12-24(13-17-26)22-7-3-2-6-20(22)18-28-24;1-17(26)24-20-9-6-18(7-10-20)8-11-22(27)25-14-12-23(13-15-25)21-5-3-2-4-19(21)16-28-23;1-26-19-11-16-18(12-20(19)27-2)23-14-24-21(16)25-9-7-22(8-10-25)17-6-4-3-5-15(17)13-28-22;1-25-16-6-7-19-17(12-16)20(23-14-22-19)24-10-8-21(9-11-24)18-5-3-2-4-15(18)13-26-21;1-2-7-18-16(5-1)14-24-20(18)8-11-22(12-9-20)19-13-17-6-3-4-10-23(17)15-21-19/h2-3,6-11H,1,4-5,12-18H2;2-11H,12-16H2,1H3,(H,24,26);3-6,11-12,14H,7-10,13H2,1-2H3;2-7,12,14H,8-11,13H2,1H3;1-7,10,13,15H,8-9,11-12,14H2/q;;;;+1/b;11-8+;;;. The van der Waals surface area contributed by atoms with Crippen molar-refractivity contribution in [3.8, 4) is 17.2 Å². The average Bonchev–Trinajstić information content (AvgIpc) is 1.28. The van der Waals surface area contributed by atoms with Crippen molar-refractivity contribution in [3.63, 3.8) is 0 Å². The first kappa shape index (κ1) is 88.7. The summed E-state index contributed by atoms with van der Waals surface area (Å²) >= 11 is 0. The minimum Gasteiger partial charge on any atom is -0.497 e. The molecular formula is C110H116N13O11+. The number of hydrogen-bond acceptors (Lipinski definition) is 20. The van der Waals surface area contributed by atoms with E-state index in [-0.39, 0.29) is 45.7 Å². The first-order valence-electron chi connectivity index (χ1n) is 47.5. The molecule has 13 aromatic rings. The zero-order chi connectivity index (χ0) is 91.2. The Morgan fingerprint density at radius 1 is 0.396 bits per heavy atom. The number of methoxy groups -OCH3 is 3. The number of aromatic nitrogens is 6. The van der Waals surface area contributed by atoms with Crippen molar-refractivity contribution in [1.29, 1.82) is 0 Å². The van der Waals surface area contributed by atoms with Crippen LogP contribution in [0.1, 0.15) is 162 Å². The van der Waals surface area contributed by atoms with E-state index in [2.05, 4.69) is 195 Å². The molecule has 0 radical (unpaired) electrons. The van der Waals surface area contributed by atoms with E-state index in [0.717, 1.165) is 205 Å². The molecule has 0 bridgehead atoms. The second-order valence-electron chi connectivity index (χ2n) is 36.8. The molecule has 6 fully saturated rings. The van der Waals surface area contributed by atoms with Crippen molar-refractivity contribution < 1.29 is 56.7 Å². The van der Waals surface area contributed by atoms with Gasteiger partial charge < -0.3 is 72.6 Å². The van der Waals surface area contributed by atoms with Crippen molar-refractivity contribution >= 4 is 79.9 Å². The van der Waals surface area contributed by atoms with E-state index < -0.39 is 0 Å². The van der Waals surface area contributed by atoms with Crippen LogP contribution in [0.25, 0.3) is 33.4 Å². The number of pyridine rings is 1. The molecule has 4 aromatic heterocycles. The maximum atomic E-state index is 13.0. The quantitative estimate of drug-likeness (QED) is 0.0938. The van der Waals surface area contributed by atoms with E-state index in [1.54, 1.807) is 40.1 Å². The molecule has 6 saturated heterocycles. The van der Waals surface area contributed by atoms with Gasteiger partial charge in [0.2, 0.25) is 17.6 Å². The minimum absolute atomic E-state index is 0.0204. The number of carbonyl (C=O) groups is 3. The Labute approximate surface area is 782 Å². The van der Waals surface area contributed by atoms with Crippen molar-refractivity contribution in [2.45, 2.75) is 151 Å². The van der Waals surface area contributed by atoms with Crippen LogP contribution in [0, 0.1) is 0 Å². The number of hydrogen-bond donors (Lipinski definition) is 1. The van der Waals surface area contributed by atoms with Crippen LogP contribution in [0.3, 0.4) is 0 Å². The highest BCUT2D eigenvalue weighted by Gasteiger charge is 2.49. The van der Waals surface area contributed by atoms with Gasteiger partial charge in [-0.2, -0.15) is 0 Å². The summed E-state index contributed by atoms with van der Waals surface area (Å²) in [6.45, 7) is 15.7. The van der Waals surface area contributed by atoms with Crippen LogP contribution in [0.15, 0.2) is 256 Å². The lowest BCUT2D eigenvalue weighted by Gasteiger charge is -2.40. The highest BCUT2D eigenvalue weighted by Crippen LogP contribution is 2.51. The Balaban J connectivity index is 0.000000104. The molecule has 0 saturated carbocycles. The van der Waals surface area contributed by atoms with Crippen molar-refractivity contribution in [3.05, 3.63) is 322 Å². The van der Waals surface area contributed by atoms with Crippen molar-refractivity contribution in [1.82, 2.24) is 34.7 Å². The topological polar surface area (TPSA) is 225 Å². The lowest BCUT2D eigenvalue weighted by molar-refractivity contribution is -0.515. The maximum Gasteiger partial charge on any atom is 0.293 e. The molecule has 5 spiro atoms. The summed E-state index contributed by atoms with van der Waals surface area (Å²) in [6, 6.07) is 76.6. The lowest BCUT2D eigenvalue weighted by atomic mass is 9.83. The maximum absolute atomic E-state index is 13.0. The zero-order valence-corrected chi connectivity index (χ0v) is 76.9. The Morgan fingerprint density at radius 2 is 0.828 bits per heavy atom. The van der Waals surface area contributed by atoms with Crippen LogP contribution >= 0.6 is 0 Å². The van der Waals surface area contributed by atoms with Gasteiger partial charge in [0.1, 0.15) is 35.6 Å². The summed E-state index contributed by atoms with van der Waals surface area (Å²) in [5.41, 5.74) is 19.2. The fourth-order valence-electron chi connectivity index (χ4n) is 21.9. The van der Waals surface area contributed by atoms with Crippen LogP contribution in [0.5, 0.6) is 17.2 Å². The normalized spacial score (nSPS) is 18.7. The predicted molar refractivity (Wildman–Crippen MR) is 518 cm³/mol. The van der Waals surface area contributed by atoms with Crippen LogP contribution in [0.2, 0.25) is 0 Å². The number of rotatable bonds is 11. The number of nitrogens with zero attached hydrogens (tertiary/aromatic N) is 12. The number of nitrogens with one attached hydrogen (secondary N) is 1. The Morgan fingerprint density at radius 3 is 1.30 bits per heavy atom. The molecule has 3 amide bonds. The fourth-order valence-corrected chi connectivity index (χ4v) is 21.9. The Bertz CT molecular complexity index is 6450. The molecule has 24 nitrogen and oxygen atoms in total. The summed E-state index contributed by atoms with van der Waals surface area (Å²) in [5.74, 6) is 5.23. The van der Waals surface area contributed by atoms with Gasteiger partial charge in [-0.1, -0.05) is 140 Å². The first-order chi connectivity index (χ1) is 65.7. The van der Waals surface area contributed by atoms with Gasteiger partial charge >= 0.3 is 0 Å². The SMILES string of the molecule is CC(=O)Nc1ccc(/C=C/C(=O)N2CCC3(CC2)OCc2ccccc23)cc1.COc1cc2ncnc(N3CCC4(CC3)OCc3ccccc34)c2cc1OC.COc1ccc2ncnc(N3CCC4(CC3)OCc3ccccc34)c2c1.O=C(c1ccc(N2CCCCC2)cc1)N1CCC2(CC1)OCc1ccccc12.c1ccc2c(c1)COC21CCN(c2cc3cccc[n+]3cn2)CC1. The van der Waals surface area contributed by atoms with Crippen molar-refractivity contribution in [2.75, 3.05) is 125 Å². The van der Waals surface area contributed by atoms with Crippen LogP contribution < -0.4 is 43.5 Å². The molecule has 0 atom stereocenters. The summed E-state index contributed by atoms with van der Waals surface area (Å²) in [6.07, 6.45) is 23.8. The molecule has 11 aliphatic rings. The highest BCUT2D eigenvalue weighted by atomic mass is 16.5. The number of carbonyl (C=O) groups excluding carboxylic acids is 3. The molecule has 0 unspecified atom stereocenters. The van der Waals surface area contributed by atoms with Crippen LogP contribution in [0.4, 0.5) is 28.8 Å². The van der Waals surface area contributed by atoms with Gasteiger partial charge in [0.05, 0.1) is 106 Å². The molecule has 11 aliphatic heterocycles. The van der Waals surface area contributed by atoms with Gasteiger partial charge in [-0.15, -0.1) is 0 Å². The Kier molecular flexibility index (Phi) is 25.7. The van der Waals surface area contributed by atoms with Gasteiger partial charge in [0, 0.05) is 125 Å². The van der Waals surface area contributed by atoms with Crippen LogP contribution in [-0.2, 0) is 94.3 Å². The number of anilines is 5. The van der Waals surface area contributed by atoms with Crippen molar-refractivity contribution in [2.24, 2.45) is 0 Å². The van der Waals surface area contributed by atoms with Gasteiger partial charge in [-0.3, -0.25) is 14.4 Å². The van der Waals surface area contributed by atoms with E-state index in [1.165, 1.54) is 93.0 Å². The third-order valence-corrected chi connectivity index (χ3v) is 29.4. The summed E-state index contributed by atoms with van der Waals surface area (Å²) in [5, 5.41) is 4.74. The van der Waals surface area contributed by atoms with Gasteiger partial charge in [-0.05, 0) is 229 Å². The number of fused-ring (bicyclic) bond motifs is 13. The predicted octanol–water partition coefficient (Wildman–Crippen LogP) is 18.2. The molecule has 9 aromatic carbocycles. The summed E-state index contributed by atoms with van der Waals surface area (Å²) < 4.78 is 49.5. The summed E-state index contributed by atoms with van der Waals surface area (Å²) in [4.78, 5) is 72.6. The van der Waals surface area contributed by atoms with E-state index in [1.807, 2.05) is 112 Å². The fraction of sp³-hybridized carbons (Fsp3) is 0.355. The molecule has 24 rings (SSSR count). The third kappa shape index (κ3) is 18.1. The highest BCUT2D eigenvalue weighted by molar-refractivity contribution is 5.96. The lowest BCUT2D eigenvalue weighted by Crippen LogP contribution is -2.45. The second-order valence-corrected chi connectivity index (χ2v) is 36.8. The molecule has 134 heavy (non-hydrogen) atoms. The van der Waals surface area contributed by atoms with Gasteiger partial charge in [0.25, 0.3) is 12.2 Å². The monoisotopic (exact) mass is 1790 g/mol. The van der Waals surface area contributed by atoms with E-state index in [9.17, 15) is 14.4 Å². The molecule has 0 aliphatic carbocycles. The van der Waals surface area contributed by atoms with E-state index in [4.69, 9.17) is 37.9 Å². The van der Waals surface area contributed by atoms with Gasteiger partial charge in [-0.25, -0.2) is 24.3 Å². The molecule has 686 valence electrons. The number of piperidine rings is 6. The first-order valence-corrected chi connectivity index (χ1v) is 47.5. The molecule has 1 N–H and O–H groups in total. The van der Waals surface area contributed by atoms with Gasteiger partial charge in [0.15, 0.2) is 11.5 Å². The molecule has 15 heterocycles. The zero-order valence-electron chi connectivity index (χ0n) is 76.9. The number of likely N-dealkylation sites (tertiary alicyclic amines) is 2. The third-order valence-electron chi connectivity index (χ3n) is 29.4. The molecular weight excluding hydrogens is 1680 g/mol. The smallest absolute Gasteiger partial charge is 0.293 e. The largest absolute Gasteiger partial charge is 0.497 e. The van der Waals surface area contributed by atoms with Crippen LogP contribution in [-0.4, -0.2) is 152 Å². The Hall–Kier alpha value is -13.2. The summed E-state index contributed by atoms with van der Waals surface area (Å²) in [7, 11) is 4.96. The minimum atomic E-state index is -0.226. The average molecular weight is 1800 g/mol. The number of amides is 3. The van der Waals surface area contributed by atoms with E-state index >= 15 is 0 Å². The second kappa shape index (κ2) is 38.8. The number of ether oxygens (including phenoxy) is 8. The molecule has 24 heteroatoms. The number of benzene rings is 9.